The van der Waals surface area contributed by atoms with Crippen LogP contribution >= 0.6 is 0 Å². The van der Waals surface area contributed by atoms with Gasteiger partial charge in [-0.25, -0.2) is 0 Å². The van der Waals surface area contributed by atoms with Crippen molar-refractivity contribution in [3.05, 3.63) is 221 Å². The molecule has 2 aliphatic rings. The van der Waals surface area contributed by atoms with E-state index in [4.69, 9.17) is 0 Å². The number of rotatable bonds is 4. The second-order valence-electron chi connectivity index (χ2n) is 14.5. The van der Waals surface area contributed by atoms with Crippen molar-refractivity contribution in [2.24, 2.45) is 0 Å². The van der Waals surface area contributed by atoms with Gasteiger partial charge in [0.25, 0.3) is 0 Å². The van der Waals surface area contributed by atoms with Crippen LogP contribution in [0.1, 0.15) is 47.2 Å². The standard InChI is InChI=1S/C50H37N/c1-49(2)44-20-10-12-22-46(44)50(47-23-13-11-21-45(47)49)43-19-9-8-18-41(43)42-31-30-40(33-48(42)50)51(39-29-26-35-16-6-7-17-37(35)32-39)38-27-24-36(25-28-38)34-14-4-3-5-15-34/h3-33H,1-2H3. The predicted molar refractivity (Wildman–Crippen MR) is 213 cm³/mol. The van der Waals surface area contributed by atoms with E-state index in [1.54, 1.807) is 0 Å². The average Bonchev–Trinajstić information content (AvgIpc) is 3.48. The topological polar surface area (TPSA) is 3.24 Å². The molecule has 0 saturated heterocycles. The molecule has 8 aromatic rings. The molecule has 1 spiro atoms. The van der Waals surface area contributed by atoms with Gasteiger partial charge < -0.3 is 4.90 Å². The normalized spacial score (nSPS) is 14.4. The van der Waals surface area contributed by atoms with Crippen molar-refractivity contribution < 1.29 is 0 Å². The molecule has 0 unspecified atom stereocenters. The highest BCUT2D eigenvalue weighted by atomic mass is 15.1. The molecule has 51 heavy (non-hydrogen) atoms. The molecule has 0 amide bonds. The lowest BCUT2D eigenvalue weighted by atomic mass is 9.55. The van der Waals surface area contributed by atoms with Gasteiger partial charge in [-0.05, 0) is 103 Å². The maximum Gasteiger partial charge on any atom is 0.0720 e. The Morgan fingerprint density at radius 2 is 0.824 bits per heavy atom. The molecule has 1 nitrogen and oxygen atoms in total. The molecule has 0 aliphatic heterocycles. The first-order chi connectivity index (χ1) is 25.0. The van der Waals surface area contributed by atoms with Crippen LogP contribution in [0.5, 0.6) is 0 Å². The average molecular weight is 652 g/mol. The molecule has 8 aromatic carbocycles. The van der Waals surface area contributed by atoms with E-state index in [9.17, 15) is 0 Å². The largest absolute Gasteiger partial charge is 0.310 e. The van der Waals surface area contributed by atoms with Gasteiger partial charge in [-0.3, -0.25) is 0 Å². The molecule has 0 heterocycles. The van der Waals surface area contributed by atoms with Crippen molar-refractivity contribution in [2.75, 3.05) is 4.90 Å². The molecule has 10 rings (SSSR count). The van der Waals surface area contributed by atoms with Crippen molar-refractivity contribution in [3.8, 4) is 22.3 Å². The summed E-state index contributed by atoms with van der Waals surface area (Å²) < 4.78 is 0. The van der Waals surface area contributed by atoms with E-state index >= 15 is 0 Å². The summed E-state index contributed by atoms with van der Waals surface area (Å²) in [5, 5.41) is 2.46. The highest BCUT2D eigenvalue weighted by Gasteiger charge is 2.53. The monoisotopic (exact) mass is 651 g/mol. The fraction of sp³-hybridized carbons (Fsp3) is 0.0800. The Hall–Kier alpha value is -6.18. The van der Waals surface area contributed by atoms with E-state index < -0.39 is 5.41 Å². The van der Waals surface area contributed by atoms with Crippen LogP contribution in [0.4, 0.5) is 17.1 Å². The number of anilines is 3. The number of hydrogen-bond donors (Lipinski definition) is 0. The molecule has 0 bridgehead atoms. The van der Waals surface area contributed by atoms with Crippen molar-refractivity contribution in [2.45, 2.75) is 24.7 Å². The van der Waals surface area contributed by atoms with Crippen LogP contribution in [0.3, 0.4) is 0 Å². The van der Waals surface area contributed by atoms with E-state index in [1.165, 1.54) is 66.4 Å². The lowest BCUT2D eigenvalue weighted by Gasteiger charge is -2.46. The molecule has 0 aromatic heterocycles. The molecule has 0 fully saturated rings. The zero-order chi connectivity index (χ0) is 34.2. The third kappa shape index (κ3) is 4.28. The van der Waals surface area contributed by atoms with Gasteiger partial charge in [-0.2, -0.15) is 0 Å². The van der Waals surface area contributed by atoms with Gasteiger partial charge in [0.15, 0.2) is 0 Å². The summed E-state index contributed by atoms with van der Waals surface area (Å²) in [6.07, 6.45) is 0. The lowest BCUT2D eigenvalue weighted by molar-refractivity contribution is 0.563. The van der Waals surface area contributed by atoms with Crippen LogP contribution in [-0.2, 0) is 10.8 Å². The number of hydrogen-bond acceptors (Lipinski definition) is 1. The van der Waals surface area contributed by atoms with Gasteiger partial charge >= 0.3 is 0 Å². The minimum Gasteiger partial charge on any atom is -0.310 e. The van der Waals surface area contributed by atoms with Crippen molar-refractivity contribution in [3.63, 3.8) is 0 Å². The van der Waals surface area contributed by atoms with Gasteiger partial charge in [-0.15, -0.1) is 0 Å². The van der Waals surface area contributed by atoms with Gasteiger partial charge in [0.05, 0.1) is 5.41 Å². The van der Waals surface area contributed by atoms with Crippen molar-refractivity contribution >= 4 is 27.8 Å². The van der Waals surface area contributed by atoms with Crippen LogP contribution in [-0.4, -0.2) is 0 Å². The first kappa shape index (κ1) is 29.7. The molecule has 0 atom stereocenters. The maximum absolute atomic E-state index is 2.49. The molecular weight excluding hydrogens is 615 g/mol. The van der Waals surface area contributed by atoms with Crippen LogP contribution in [0.15, 0.2) is 188 Å². The SMILES string of the molecule is CC1(C)c2ccccc2C2(c3ccccc3-c3ccc(N(c4ccc(-c5ccccc5)cc4)c4ccc5ccccc5c4)cc32)c2ccccc21. The summed E-state index contributed by atoms with van der Waals surface area (Å²) in [7, 11) is 0. The zero-order valence-corrected chi connectivity index (χ0v) is 28.8. The molecule has 2 aliphatic carbocycles. The summed E-state index contributed by atoms with van der Waals surface area (Å²) >= 11 is 0. The number of fused-ring (bicyclic) bond motifs is 10. The van der Waals surface area contributed by atoms with E-state index in [0.29, 0.717) is 0 Å². The van der Waals surface area contributed by atoms with Crippen LogP contribution in [0.25, 0.3) is 33.0 Å². The highest BCUT2D eigenvalue weighted by molar-refractivity contribution is 5.93. The Bertz CT molecular complexity index is 2560. The minimum absolute atomic E-state index is 0.134. The van der Waals surface area contributed by atoms with E-state index in [2.05, 4.69) is 207 Å². The fourth-order valence-electron chi connectivity index (χ4n) is 9.18. The molecular formula is C50H37N. The van der Waals surface area contributed by atoms with Gasteiger partial charge in [-0.1, -0.05) is 166 Å². The molecule has 0 radical (unpaired) electrons. The third-order valence-corrected chi connectivity index (χ3v) is 11.5. The maximum atomic E-state index is 2.49. The fourth-order valence-corrected chi connectivity index (χ4v) is 9.18. The quantitative estimate of drug-likeness (QED) is 0.183. The second kappa shape index (κ2) is 11.2. The Labute approximate surface area is 300 Å². The number of nitrogens with zero attached hydrogens (tertiary/aromatic N) is 1. The van der Waals surface area contributed by atoms with Crippen LogP contribution in [0.2, 0.25) is 0 Å². The second-order valence-corrected chi connectivity index (χ2v) is 14.5. The van der Waals surface area contributed by atoms with Gasteiger partial charge in [0.1, 0.15) is 0 Å². The summed E-state index contributed by atoms with van der Waals surface area (Å²) in [5.74, 6) is 0. The van der Waals surface area contributed by atoms with Crippen molar-refractivity contribution in [1.29, 1.82) is 0 Å². The third-order valence-electron chi connectivity index (χ3n) is 11.5. The molecule has 1 heteroatoms. The first-order valence-electron chi connectivity index (χ1n) is 17.9. The van der Waals surface area contributed by atoms with Crippen LogP contribution in [0, 0.1) is 0 Å². The van der Waals surface area contributed by atoms with Crippen LogP contribution < -0.4 is 4.90 Å². The predicted octanol–water partition coefficient (Wildman–Crippen LogP) is 13.0. The zero-order valence-electron chi connectivity index (χ0n) is 28.8. The summed E-state index contributed by atoms with van der Waals surface area (Å²) in [4.78, 5) is 2.43. The minimum atomic E-state index is -0.448. The Morgan fingerprint density at radius 1 is 0.333 bits per heavy atom. The molecule has 0 N–H and O–H groups in total. The van der Waals surface area contributed by atoms with Crippen molar-refractivity contribution in [1.82, 2.24) is 0 Å². The first-order valence-corrected chi connectivity index (χ1v) is 17.9. The van der Waals surface area contributed by atoms with Gasteiger partial charge in [0, 0.05) is 22.5 Å². The summed E-state index contributed by atoms with van der Waals surface area (Å²) in [6.45, 7) is 4.77. The van der Waals surface area contributed by atoms with E-state index in [0.717, 1.165) is 17.1 Å². The summed E-state index contributed by atoms with van der Waals surface area (Å²) in [6, 6.07) is 69.7. The lowest BCUT2D eigenvalue weighted by Crippen LogP contribution is -2.40. The highest BCUT2D eigenvalue weighted by Crippen LogP contribution is 2.62. The Morgan fingerprint density at radius 3 is 1.53 bits per heavy atom. The van der Waals surface area contributed by atoms with Gasteiger partial charge in [0.2, 0.25) is 0 Å². The number of benzene rings is 8. The summed E-state index contributed by atoms with van der Waals surface area (Å²) in [5.41, 5.74) is 16.1. The van der Waals surface area contributed by atoms with E-state index in [-0.39, 0.29) is 5.41 Å². The smallest absolute Gasteiger partial charge is 0.0720 e. The Balaban J connectivity index is 1.24. The van der Waals surface area contributed by atoms with E-state index in [1.807, 2.05) is 0 Å². The Kier molecular flexibility index (Phi) is 6.51. The molecule has 0 saturated carbocycles. The molecule has 242 valence electrons.